The van der Waals surface area contributed by atoms with Crippen LogP contribution in [0.15, 0.2) is 84.9 Å². The highest BCUT2D eigenvalue weighted by Crippen LogP contribution is 2.35. The van der Waals surface area contributed by atoms with Crippen molar-refractivity contribution in [1.29, 1.82) is 0 Å². The Bertz CT molecular complexity index is 845. The van der Waals surface area contributed by atoms with Crippen molar-refractivity contribution in [2.24, 2.45) is 0 Å². The second-order valence-electron chi connectivity index (χ2n) is 6.03. The van der Waals surface area contributed by atoms with Crippen LogP contribution in [0.3, 0.4) is 0 Å². The van der Waals surface area contributed by atoms with Gasteiger partial charge in [-0.25, -0.2) is 4.79 Å². The number of carbonyl (C=O) groups is 1. The van der Waals surface area contributed by atoms with E-state index in [1.807, 2.05) is 60.7 Å². The molecule has 3 aromatic carbocycles. The molecular formula is C23H22O4. The Morgan fingerprint density at radius 1 is 0.704 bits per heavy atom. The molecule has 0 radical (unpaired) electrons. The summed E-state index contributed by atoms with van der Waals surface area (Å²) in [4.78, 5) is 12.8. The molecule has 2 atom stereocenters. The minimum atomic E-state index is -0.576. The van der Waals surface area contributed by atoms with E-state index in [1.165, 1.54) is 0 Å². The molecule has 2 unspecified atom stereocenters. The molecule has 0 aromatic heterocycles. The van der Waals surface area contributed by atoms with Crippen molar-refractivity contribution >= 4 is 5.97 Å². The predicted octanol–water partition coefficient (Wildman–Crippen LogP) is 4.98. The van der Waals surface area contributed by atoms with Crippen LogP contribution in [0, 0.1) is 0 Å². The van der Waals surface area contributed by atoms with Gasteiger partial charge in [0.15, 0.2) is 6.10 Å². The SMILES string of the molecule is COc1ccc(C(=O)OC(c2ccccc2)C(OC)c2ccccc2)cc1. The lowest BCUT2D eigenvalue weighted by Gasteiger charge is -2.27. The van der Waals surface area contributed by atoms with Gasteiger partial charge in [0.05, 0.1) is 12.7 Å². The zero-order chi connectivity index (χ0) is 19.1. The molecule has 0 saturated carbocycles. The molecule has 0 aliphatic heterocycles. The standard InChI is InChI=1S/C23H22O4/c1-25-20-15-13-19(14-16-20)23(24)27-22(18-11-7-4-8-12-18)21(26-2)17-9-5-3-6-10-17/h3-16,21-22H,1-2H3. The lowest BCUT2D eigenvalue weighted by molar-refractivity contribution is -0.0389. The molecule has 4 nitrogen and oxygen atoms in total. The van der Waals surface area contributed by atoms with E-state index in [0.29, 0.717) is 11.3 Å². The third-order valence-electron chi connectivity index (χ3n) is 4.34. The maximum absolute atomic E-state index is 12.8. The summed E-state index contributed by atoms with van der Waals surface area (Å²) in [6.07, 6.45) is -0.996. The average molecular weight is 362 g/mol. The van der Waals surface area contributed by atoms with Crippen molar-refractivity contribution in [2.75, 3.05) is 14.2 Å². The fourth-order valence-corrected chi connectivity index (χ4v) is 2.93. The van der Waals surface area contributed by atoms with Gasteiger partial charge in [-0.1, -0.05) is 60.7 Å². The number of benzene rings is 3. The molecule has 0 fully saturated rings. The first-order valence-corrected chi connectivity index (χ1v) is 8.70. The van der Waals surface area contributed by atoms with E-state index >= 15 is 0 Å². The maximum atomic E-state index is 12.8. The number of hydrogen-bond donors (Lipinski definition) is 0. The number of carbonyl (C=O) groups excluding carboxylic acids is 1. The molecule has 138 valence electrons. The first-order valence-electron chi connectivity index (χ1n) is 8.70. The highest BCUT2D eigenvalue weighted by atomic mass is 16.6. The lowest BCUT2D eigenvalue weighted by Crippen LogP contribution is -2.20. The molecule has 0 aliphatic rings. The van der Waals surface area contributed by atoms with Gasteiger partial charge in [0, 0.05) is 7.11 Å². The van der Waals surface area contributed by atoms with E-state index in [1.54, 1.807) is 38.5 Å². The van der Waals surface area contributed by atoms with Crippen LogP contribution in [-0.4, -0.2) is 20.2 Å². The molecular weight excluding hydrogens is 340 g/mol. The van der Waals surface area contributed by atoms with Crippen molar-refractivity contribution in [2.45, 2.75) is 12.2 Å². The van der Waals surface area contributed by atoms with Crippen LogP contribution < -0.4 is 4.74 Å². The van der Waals surface area contributed by atoms with E-state index in [-0.39, 0.29) is 0 Å². The van der Waals surface area contributed by atoms with Crippen LogP contribution in [0.2, 0.25) is 0 Å². The molecule has 4 heteroatoms. The fraction of sp³-hybridized carbons (Fsp3) is 0.174. The molecule has 0 N–H and O–H groups in total. The van der Waals surface area contributed by atoms with Crippen LogP contribution in [0.1, 0.15) is 33.7 Å². The van der Waals surface area contributed by atoms with Crippen molar-refractivity contribution in [3.8, 4) is 5.75 Å². The number of ether oxygens (including phenoxy) is 3. The normalized spacial score (nSPS) is 12.8. The van der Waals surface area contributed by atoms with Gasteiger partial charge in [-0.15, -0.1) is 0 Å². The molecule has 0 heterocycles. The van der Waals surface area contributed by atoms with Gasteiger partial charge in [-0.3, -0.25) is 0 Å². The zero-order valence-corrected chi connectivity index (χ0v) is 15.4. The summed E-state index contributed by atoms with van der Waals surface area (Å²) in [5.74, 6) is 0.273. The molecule has 27 heavy (non-hydrogen) atoms. The molecule has 3 rings (SSSR count). The van der Waals surface area contributed by atoms with Gasteiger partial charge in [0.1, 0.15) is 11.9 Å². The number of esters is 1. The third-order valence-corrected chi connectivity index (χ3v) is 4.34. The Morgan fingerprint density at radius 2 is 1.22 bits per heavy atom. The average Bonchev–Trinajstić information content (AvgIpc) is 2.75. The first kappa shape index (κ1) is 18.7. The Labute approximate surface area is 159 Å². The Kier molecular flexibility index (Phi) is 6.23. The lowest BCUT2D eigenvalue weighted by atomic mass is 9.98. The summed E-state index contributed by atoms with van der Waals surface area (Å²) < 4.78 is 16.8. The van der Waals surface area contributed by atoms with Crippen LogP contribution in [0.25, 0.3) is 0 Å². The second-order valence-corrected chi connectivity index (χ2v) is 6.03. The minimum absolute atomic E-state index is 0.413. The summed E-state index contributed by atoms with van der Waals surface area (Å²) in [7, 11) is 3.20. The second kappa shape index (κ2) is 9.01. The fourth-order valence-electron chi connectivity index (χ4n) is 2.93. The van der Waals surface area contributed by atoms with Crippen LogP contribution >= 0.6 is 0 Å². The highest BCUT2D eigenvalue weighted by molar-refractivity contribution is 5.89. The summed E-state index contributed by atoms with van der Waals surface area (Å²) >= 11 is 0. The molecule has 0 amide bonds. The van der Waals surface area contributed by atoms with Gasteiger partial charge in [0.2, 0.25) is 0 Å². The number of rotatable bonds is 7. The van der Waals surface area contributed by atoms with Crippen LogP contribution in [0.5, 0.6) is 5.75 Å². The van der Waals surface area contributed by atoms with Crippen LogP contribution in [-0.2, 0) is 9.47 Å². The summed E-state index contributed by atoms with van der Waals surface area (Å²) in [6.45, 7) is 0. The summed E-state index contributed by atoms with van der Waals surface area (Å²) in [5.41, 5.74) is 2.27. The van der Waals surface area contributed by atoms with Gasteiger partial charge < -0.3 is 14.2 Å². The maximum Gasteiger partial charge on any atom is 0.338 e. The smallest absolute Gasteiger partial charge is 0.338 e. The van der Waals surface area contributed by atoms with E-state index in [2.05, 4.69) is 0 Å². The molecule has 0 spiro atoms. The third kappa shape index (κ3) is 4.54. The van der Waals surface area contributed by atoms with Crippen LogP contribution in [0.4, 0.5) is 0 Å². The van der Waals surface area contributed by atoms with Gasteiger partial charge in [-0.2, -0.15) is 0 Å². The van der Waals surface area contributed by atoms with E-state index in [4.69, 9.17) is 14.2 Å². The van der Waals surface area contributed by atoms with Gasteiger partial charge in [0.25, 0.3) is 0 Å². The number of hydrogen-bond acceptors (Lipinski definition) is 4. The zero-order valence-electron chi connectivity index (χ0n) is 15.4. The largest absolute Gasteiger partial charge is 0.497 e. The number of methoxy groups -OCH3 is 2. The minimum Gasteiger partial charge on any atom is -0.497 e. The Balaban J connectivity index is 1.91. The van der Waals surface area contributed by atoms with Gasteiger partial charge >= 0.3 is 5.97 Å². The molecule has 0 aliphatic carbocycles. The quantitative estimate of drug-likeness (QED) is 0.556. The van der Waals surface area contributed by atoms with Crippen molar-refractivity contribution in [3.63, 3.8) is 0 Å². The topological polar surface area (TPSA) is 44.8 Å². The highest BCUT2D eigenvalue weighted by Gasteiger charge is 2.29. The Morgan fingerprint density at radius 3 is 1.70 bits per heavy atom. The van der Waals surface area contributed by atoms with Crippen molar-refractivity contribution in [1.82, 2.24) is 0 Å². The van der Waals surface area contributed by atoms with Crippen molar-refractivity contribution < 1.29 is 19.0 Å². The van der Waals surface area contributed by atoms with Crippen molar-refractivity contribution in [3.05, 3.63) is 102 Å². The molecule has 3 aromatic rings. The first-order chi connectivity index (χ1) is 13.2. The molecule has 0 bridgehead atoms. The van der Waals surface area contributed by atoms with E-state index in [0.717, 1.165) is 11.1 Å². The summed E-state index contributed by atoms with van der Waals surface area (Å²) in [5, 5.41) is 0. The monoisotopic (exact) mass is 362 g/mol. The summed E-state index contributed by atoms with van der Waals surface area (Å²) in [6, 6.07) is 26.2. The van der Waals surface area contributed by atoms with Gasteiger partial charge in [-0.05, 0) is 35.4 Å². The predicted molar refractivity (Wildman–Crippen MR) is 104 cm³/mol. The van der Waals surface area contributed by atoms with E-state index < -0.39 is 18.2 Å². The Hall–Kier alpha value is -3.11. The molecule has 0 saturated heterocycles. The van der Waals surface area contributed by atoms with E-state index in [9.17, 15) is 4.79 Å².